The van der Waals surface area contributed by atoms with Crippen LogP contribution in [0.1, 0.15) is 30.9 Å². The van der Waals surface area contributed by atoms with Crippen LogP contribution in [0.2, 0.25) is 0 Å². The first-order valence-electron chi connectivity index (χ1n) is 9.47. The molecule has 1 heterocycles. The Morgan fingerprint density at radius 1 is 1.18 bits per heavy atom. The third-order valence-electron chi connectivity index (χ3n) is 4.98. The summed E-state index contributed by atoms with van der Waals surface area (Å²) < 4.78 is 0. The smallest absolute Gasteiger partial charge is 0.303 e. The molecule has 0 aliphatic carbocycles. The number of nitrogens with one attached hydrogen (secondary N) is 1. The van der Waals surface area contributed by atoms with Gasteiger partial charge in [0.05, 0.1) is 5.92 Å². The van der Waals surface area contributed by atoms with Gasteiger partial charge in [-0.15, -0.1) is 0 Å². The fourth-order valence-corrected chi connectivity index (χ4v) is 3.49. The highest BCUT2D eigenvalue weighted by Gasteiger charge is 2.35. The molecule has 0 saturated carbocycles. The molecule has 1 atom stereocenters. The van der Waals surface area contributed by atoms with Crippen LogP contribution in [-0.4, -0.2) is 29.4 Å². The SMILES string of the molecule is CCc1ccccc1N1CC(C(=O)Nc2cccc(CCC(=O)O)c2)CC1=O. The average molecular weight is 380 g/mol. The second-order valence-electron chi connectivity index (χ2n) is 6.97. The molecule has 1 unspecified atom stereocenters. The first-order valence-corrected chi connectivity index (χ1v) is 9.47. The molecule has 2 amide bonds. The number of carbonyl (C=O) groups is 3. The van der Waals surface area contributed by atoms with Crippen LogP contribution in [0.15, 0.2) is 48.5 Å². The number of carboxylic acid groups (broad SMARTS) is 1. The Bertz CT molecular complexity index is 894. The molecule has 1 aliphatic heterocycles. The van der Waals surface area contributed by atoms with Crippen LogP contribution in [0.4, 0.5) is 11.4 Å². The second kappa shape index (κ2) is 8.69. The first-order chi connectivity index (χ1) is 13.5. The van der Waals surface area contributed by atoms with Gasteiger partial charge in [-0.1, -0.05) is 37.3 Å². The lowest BCUT2D eigenvalue weighted by Gasteiger charge is -2.20. The van der Waals surface area contributed by atoms with Gasteiger partial charge in [0.25, 0.3) is 0 Å². The van der Waals surface area contributed by atoms with Crippen LogP contribution < -0.4 is 10.2 Å². The van der Waals surface area contributed by atoms with Crippen LogP contribution >= 0.6 is 0 Å². The first kappa shape index (κ1) is 19.6. The van der Waals surface area contributed by atoms with Crippen molar-refractivity contribution in [1.82, 2.24) is 0 Å². The zero-order valence-electron chi connectivity index (χ0n) is 15.9. The van der Waals surface area contributed by atoms with Gasteiger partial charge < -0.3 is 15.3 Å². The molecule has 6 heteroatoms. The minimum atomic E-state index is -0.855. The molecule has 28 heavy (non-hydrogen) atoms. The monoisotopic (exact) mass is 380 g/mol. The van der Waals surface area contributed by atoms with Gasteiger partial charge in [0.2, 0.25) is 11.8 Å². The number of benzene rings is 2. The molecular formula is C22H24N2O4. The lowest BCUT2D eigenvalue weighted by molar-refractivity contribution is -0.137. The number of hydrogen-bond acceptors (Lipinski definition) is 3. The molecule has 146 valence electrons. The zero-order chi connectivity index (χ0) is 20.1. The van der Waals surface area contributed by atoms with Gasteiger partial charge in [-0.2, -0.15) is 0 Å². The molecular weight excluding hydrogens is 356 g/mol. The summed E-state index contributed by atoms with van der Waals surface area (Å²) in [6, 6.07) is 14.9. The highest BCUT2D eigenvalue weighted by molar-refractivity contribution is 6.03. The number of carboxylic acids is 1. The van der Waals surface area contributed by atoms with E-state index in [1.165, 1.54) is 0 Å². The van der Waals surface area contributed by atoms with Crippen molar-refractivity contribution < 1.29 is 19.5 Å². The van der Waals surface area contributed by atoms with E-state index in [9.17, 15) is 14.4 Å². The maximum absolute atomic E-state index is 12.7. The third-order valence-corrected chi connectivity index (χ3v) is 4.98. The highest BCUT2D eigenvalue weighted by atomic mass is 16.4. The summed E-state index contributed by atoms with van der Waals surface area (Å²) in [7, 11) is 0. The largest absolute Gasteiger partial charge is 0.481 e. The number of aliphatic carboxylic acids is 1. The Labute approximate surface area is 164 Å². The second-order valence-corrected chi connectivity index (χ2v) is 6.97. The minimum absolute atomic E-state index is 0.0420. The molecule has 1 fully saturated rings. The summed E-state index contributed by atoms with van der Waals surface area (Å²) in [6.45, 7) is 2.40. The fourth-order valence-electron chi connectivity index (χ4n) is 3.49. The predicted molar refractivity (Wildman–Crippen MR) is 107 cm³/mol. The Hall–Kier alpha value is -3.15. The number of amides is 2. The molecule has 2 N–H and O–H groups in total. The molecule has 6 nitrogen and oxygen atoms in total. The molecule has 1 saturated heterocycles. The predicted octanol–water partition coefficient (Wildman–Crippen LogP) is 3.26. The van der Waals surface area contributed by atoms with Crippen LogP contribution in [0, 0.1) is 5.92 Å². The van der Waals surface area contributed by atoms with Gasteiger partial charge in [0.1, 0.15) is 0 Å². The number of anilines is 2. The molecule has 1 aliphatic rings. The van der Waals surface area contributed by atoms with E-state index in [1.807, 2.05) is 37.3 Å². The molecule has 0 radical (unpaired) electrons. The number of rotatable bonds is 7. The van der Waals surface area contributed by atoms with Crippen molar-refractivity contribution in [3.05, 3.63) is 59.7 Å². The number of aryl methyl sites for hydroxylation is 2. The summed E-state index contributed by atoms with van der Waals surface area (Å²) in [5.41, 5.74) is 3.43. The fraction of sp³-hybridized carbons (Fsp3) is 0.318. The number of carbonyl (C=O) groups excluding carboxylic acids is 2. The third kappa shape index (κ3) is 4.57. The molecule has 3 rings (SSSR count). The van der Waals surface area contributed by atoms with Gasteiger partial charge in [-0.25, -0.2) is 0 Å². The van der Waals surface area contributed by atoms with Gasteiger partial charge in [0.15, 0.2) is 0 Å². The van der Waals surface area contributed by atoms with Crippen molar-refractivity contribution in [1.29, 1.82) is 0 Å². The van der Waals surface area contributed by atoms with E-state index in [4.69, 9.17) is 5.11 Å². The highest BCUT2D eigenvalue weighted by Crippen LogP contribution is 2.29. The number of para-hydroxylation sites is 1. The minimum Gasteiger partial charge on any atom is -0.481 e. The lowest BCUT2D eigenvalue weighted by Crippen LogP contribution is -2.28. The molecule has 2 aromatic carbocycles. The molecule has 0 bridgehead atoms. The van der Waals surface area contributed by atoms with E-state index in [0.717, 1.165) is 23.2 Å². The van der Waals surface area contributed by atoms with Crippen LogP contribution in [0.25, 0.3) is 0 Å². The van der Waals surface area contributed by atoms with E-state index in [1.54, 1.807) is 23.1 Å². The molecule has 0 aromatic heterocycles. The molecule has 0 spiro atoms. The Balaban J connectivity index is 1.67. The van der Waals surface area contributed by atoms with Crippen LogP contribution in [0.5, 0.6) is 0 Å². The summed E-state index contributed by atoms with van der Waals surface area (Å²) in [5.74, 6) is -1.51. The Kier molecular flexibility index (Phi) is 6.09. The van der Waals surface area contributed by atoms with Crippen molar-refractivity contribution in [3.63, 3.8) is 0 Å². The Morgan fingerprint density at radius 2 is 1.96 bits per heavy atom. The quantitative estimate of drug-likeness (QED) is 0.772. The van der Waals surface area contributed by atoms with Crippen LogP contribution in [-0.2, 0) is 27.2 Å². The van der Waals surface area contributed by atoms with Crippen LogP contribution in [0.3, 0.4) is 0 Å². The van der Waals surface area contributed by atoms with E-state index in [2.05, 4.69) is 5.32 Å². The van der Waals surface area contributed by atoms with Crippen molar-refractivity contribution in [2.75, 3.05) is 16.8 Å². The summed E-state index contributed by atoms with van der Waals surface area (Å²) >= 11 is 0. The maximum atomic E-state index is 12.7. The van der Waals surface area contributed by atoms with Gasteiger partial charge in [-0.3, -0.25) is 14.4 Å². The van der Waals surface area contributed by atoms with E-state index >= 15 is 0 Å². The van der Waals surface area contributed by atoms with Crippen molar-refractivity contribution in [2.45, 2.75) is 32.6 Å². The lowest BCUT2D eigenvalue weighted by atomic mass is 10.1. The number of nitrogens with zero attached hydrogens (tertiary/aromatic N) is 1. The van der Waals surface area contributed by atoms with Gasteiger partial charge in [0, 0.05) is 30.8 Å². The summed E-state index contributed by atoms with van der Waals surface area (Å²) in [6.07, 6.45) is 1.45. The van der Waals surface area contributed by atoms with E-state index in [-0.39, 0.29) is 24.7 Å². The van der Waals surface area contributed by atoms with Gasteiger partial charge >= 0.3 is 5.97 Å². The summed E-state index contributed by atoms with van der Waals surface area (Å²) in [5, 5.41) is 11.7. The van der Waals surface area contributed by atoms with E-state index in [0.29, 0.717) is 18.7 Å². The van der Waals surface area contributed by atoms with Crippen molar-refractivity contribution >= 4 is 29.2 Å². The number of hydrogen-bond donors (Lipinski definition) is 2. The van der Waals surface area contributed by atoms with Crippen molar-refractivity contribution in [2.24, 2.45) is 5.92 Å². The van der Waals surface area contributed by atoms with Crippen molar-refractivity contribution in [3.8, 4) is 0 Å². The topological polar surface area (TPSA) is 86.7 Å². The maximum Gasteiger partial charge on any atom is 0.303 e. The standard InChI is InChI=1S/C22H24N2O4/c1-2-16-7-3-4-9-19(16)24-14-17(13-20(24)25)22(28)23-18-8-5-6-15(12-18)10-11-21(26)27/h3-9,12,17H,2,10-11,13-14H2,1H3,(H,23,28)(H,26,27). The normalized spacial score (nSPS) is 16.2. The average Bonchev–Trinajstić information content (AvgIpc) is 3.08. The summed E-state index contributed by atoms with van der Waals surface area (Å²) in [4.78, 5) is 37.6. The van der Waals surface area contributed by atoms with E-state index < -0.39 is 11.9 Å². The molecule has 2 aromatic rings. The van der Waals surface area contributed by atoms with Gasteiger partial charge in [-0.05, 0) is 42.2 Å². The zero-order valence-corrected chi connectivity index (χ0v) is 15.9. The Morgan fingerprint density at radius 3 is 2.71 bits per heavy atom.